The van der Waals surface area contributed by atoms with Gasteiger partial charge in [0, 0.05) is 4.90 Å². The third kappa shape index (κ3) is 3.09. The topological polar surface area (TPSA) is 34.4 Å². The molecule has 3 aromatic rings. The molecule has 0 radical (unpaired) electrons. The molecule has 114 valence electrons. The number of hydrogen-bond acceptors (Lipinski definition) is 3. The molecule has 0 saturated heterocycles. The van der Waals surface area contributed by atoms with E-state index >= 15 is 0 Å². The molecule has 3 rings (SSSR count). The third-order valence-electron chi connectivity index (χ3n) is 3.37. The lowest BCUT2D eigenvalue weighted by Crippen LogP contribution is -2.16. The zero-order chi connectivity index (χ0) is 16.2. The Hall–Kier alpha value is -2.29. The summed E-state index contributed by atoms with van der Waals surface area (Å²) in [6.45, 7) is 0.389. The quantitative estimate of drug-likeness (QED) is 0.538. The Bertz CT molecular complexity index is 976. The zero-order valence-corrected chi connectivity index (χ0v) is 14.2. The highest BCUT2D eigenvalue weighted by atomic mass is 32.2. The van der Waals surface area contributed by atoms with Gasteiger partial charge in [0.2, 0.25) is 0 Å². The van der Waals surface area contributed by atoms with Crippen LogP contribution in [0.25, 0.3) is 10.2 Å². The maximum atomic E-state index is 12.6. The van der Waals surface area contributed by atoms with E-state index in [2.05, 4.69) is 10.9 Å². The van der Waals surface area contributed by atoms with Crippen LogP contribution in [0.4, 0.5) is 0 Å². The lowest BCUT2D eigenvalue weighted by atomic mass is 10.2. The number of carbonyl (C=O) groups excluding carboxylic acids is 1. The first-order valence-corrected chi connectivity index (χ1v) is 9.02. The number of para-hydroxylation sites is 1. The van der Waals surface area contributed by atoms with Crippen molar-refractivity contribution in [3.8, 4) is 12.3 Å². The number of amides is 1. The average molecular weight is 338 g/mol. The van der Waals surface area contributed by atoms with Crippen LogP contribution in [0.5, 0.6) is 0 Å². The van der Waals surface area contributed by atoms with Crippen molar-refractivity contribution in [2.24, 2.45) is 4.99 Å². The molecule has 0 aliphatic rings. The lowest BCUT2D eigenvalue weighted by Gasteiger charge is -2.02. The first-order chi connectivity index (χ1) is 11.2. The number of thiazole rings is 1. The van der Waals surface area contributed by atoms with Gasteiger partial charge in [0.1, 0.15) is 0 Å². The fourth-order valence-electron chi connectivity index (χ4n) is 2.32. The van der Waals surface area contributed by atoms with E-state index in [4.69, 9.17) is 6.42 Å². The molecule has 0 saturated carbocycles. The Morgan fingerprint density at radius 3 is 2.78 bits per heavy atom. The van der Waals surface area contributed by atoms with Gasteiger partial charge in [-0.3, -0.25) is 4.79 Å². The molecule has 2 aromatic carbocycles. The van der Waals surface area contributed by atoms with Crippen molar-refractivity contribution in [3.05, 3.63) is 58.9 Å². The number of thioether (sulfide) groups is 1. The van der Waals surface area contributed by atoms with Crippen molar-refractivity contribution in [3.63, 3.8) is 0 Å². The number of fused-ring (bicyclic) bond motifs is 1. The van der Waals surface area contributed by atoms with E-state index in [0.29, 0.717) is 16.9 Å². The van der Waals surface area contributed by atoms with Crippen LogP contribution in [0.15, 0.2) is 58.4 Å². The van der Waals surface area contributed by atoms with Crippen molar-refractivity contribution in [1.82, 2.24) is 4.57 Å². The van der Waals surface area contributed by atoms with Crippen molar-refractivity contribution in [2.75, 3.05) is 6.26 Å². The van der Waals surface area contributed by atoms with Crippen LogP contribution in [0.2, 0.25) is 0 Å². The summed E-state index contributed by atoms with van der Waals surface area (Å²) in [5.74, 6) is 2.39. The second-order valence-electron chi connectivity index (χ2n) is 4.76. The summed E-state index contributed by atoms with van der Waals surface area (Å²) in [5.41, 5.74) is 1.62. The van der Waals surface area contributed by atoms with Crippen LogP contribution in [-0.4, -0.2) is 16.7 Å². The first kappa shape index (κ1) is 15.6. The summed E-state index contributed by atoms with van der Waals surface area (Å²) >= 11 is 3.01. The van der Waals surface area contributed by atoms with E-state index < -0.39 is 0 Å². The van der Waals surface area contributed by atoms with Gasteiger partial charge in [-0.1, -0.05) is 41.5 Å². The van der Waals surface area contributed by atoms with Gasteiger partial charge in [-0.2, -0.15) is 4.99 Å². The van der Waals surface area contributed by atoms with Gasteiger partial charge < -0.3 is 4.57 Å². The highest BCUT2D eigenvalue weighted by molar-refractivity contribution is 7.98. The Kier molecular flexibility index (Phi) is 4.65. The van der Waals surface area contributed by atoms with Gasteiger partial charge in [0.05, 0.1) is 22.3 Å². The van der Waals surface area contributed by atoms with Gasteiger partial charge >= 0.3 is 0 Å². The molecule has 1 aromatic heterocycles. The Balaban J connectivity index is 2.16. The number of nitrogens with zero attached hydrogens (tertiary/aromatic N) is 2. The molecule has 3 nitrogen and oxygen atoms in total. The normalized spacial score (nSPS) is 11.6. The largest absolute Gasteiger partial charge is 0.305 e. The molecule has 0 bridgehead atoms. The maximum Gasteiger partial charge on any atom is 0.280 e. The van der Waals surface area contributed by atoms with Crippen molar-refractivity contribution < 1.29 is 4.79 Å². The number of benzene rings is 2. The molecule has 1 amide bonds. The molecule has 23 heavy (non-hydrogen) atoms. The van der Waals surface area contributed by atoms with Crippen LogP contribution in [0.1, 0.15) is 10.4 Å². The number of aromatic nitrogens is 1. The molecule has 0 N–H and O–H groups in total. The van der Waals surface area contributed by atoms with Crippen molar-refractivity contribution in [2.45, 2.75) is 11.4 Å². The number of rotatable bonds is 3. The van der Waals surface area contributed by atoms with Crippen LogP contribution in [0.3, 0.4) is 0 Å². The molecule has 0 aliphatic carbocycles. The second-order valence-corrected chi connectivity index (χ2v) is 6.62. The molecule has 0 unspecified atom stereocenters. The summed E-state index contributed by atoms with van der Waals surface area (Å²) in [6.07, 6.45) is 7.42. The molecule has 0 spiro atoms. The van der Waals surface area contributed by atoms with Crippen molar-refractivity contribution >= 4 is 39.2 Å². The molecule has 5 heteroatoms. The fraction of sp³-hybridized carbons (Fsp3) is 0.111. The smallest absolute Gasteiger partial charge is 0.280 e. The predicted molar refractivity (Wildman–Crippen MR) is 96.8 cm³/mol. The highest BCUT2D eigenvalue weighted by Crippen LogP contribution is 2.21. The summed E-state index contributed by atoms with van der Waals surface area (Å²) < 4.78 is 2.96. The van der Waals surface area contributed by atoms with E-state index in [9.17, 15) is 4.79 Å². The summed E-state index contributed by atoms with van der Waals surface area (Å²) in [5, 5.41) is 0. The van der Waals surface area contributed by atoms with Crippen LogP contribution < -0.4 is 4.80 Å². The van der Waals surface area contributed by atoms with Gasteiger partial charge in [-0.25, -0.2) is 0 Å². The van der Waals surface area contributed by atoms with Crippen molar-refractivity contribution in [1.29, 1.82) is 0 Å². The van der Waals surface area contributed by atoms with Crippen LogP contribution in [-0.2, 0) is 6.54 Å². The summed E-state index contributed by atoms with van der Waals surface area (Å²) in [6, 6.07) is 15.4. The Morgan fingerprint density at radius 2 is 2.00 bits per heavy atom. The van der Waals surface area contributed by atoms with Crippen LogP contribution >= 0.6 is 23.1 Å². The van der Waals surface area contributed by atoms with E-state index in [0.717, 1.165) is 15.1 Å². The molecule has 0 fully saturated rings. The Morgan fingerprint density at radius 1 is 1.26 bits per heavy atom. The minimum Gasteiger partial charge on any atom is -0.305 e. The van der Waals surface area contributed by atoms with Crippen LogP contribution in [0, 0.1) is 12.3 Å². The second kappa shape index (κ2) is 6.86. The Labute approximate surface area is 142 Å². The SMILES string of the molecule is C#CCn1c(=NC(=O)c2ccccc2SC)sc2ccccc21. The predicted octanol–water partition coefficient (Wildman–Crippen LogP) is 3.80. The zero-order valence-electron chi connectivity index (χ0n) is 12.5. The molecular formula is C18H14N2OS2. The van der Waals surface area contributed by atoms with E-state index in [1.54, 1.807) is 6.07 Å². The number of hydrogen-bond donors (Lipinski definition) is 0. The summed E-state index contributed by atoms with van der Waals surface area (Å²) in [7, 11) is 0. The number of carbonyl (C=O) groups is 1. The molecular weight excluding hydrogens is 324 g/mol. The standard InChI is InChI=1S/C18H14N2OS2/c1-3-12-20-14-9-5-7-11-16(14)23-18(20)19-17(21)13-8-4-6-10-15(13)22-2/h1,4-11H,12H2,2H3. The van der Waals surface area contributed by atoms with E-state index in [1.165, 1.54) is 23.1 Å². The van der Waals surface area contributed by atoms with E-state index in [-0.39, 0.29) is 5.91 Å². The lowest BCUT2D eigenvalue weighted by molar-refractivity contribution is 0.0995. The first-order valence-electron chi connectivity index (χ1n) is 6.98. The maximum absolute atomic E-state index is 12.6. The van der Waals surface area contributed by atoms with Gasteiger partial charge in [0.25, 0.3) is 5.91 Å². The number of terminal acetylenes is 1. The average Bonchev–Trinajstić information content (AvgIpc) is 2.92. The van der Waals surface area contributed by atoms with Gasteiger partial charge in [-0.05, 0) is 30.5 Å². The molecule has 1 heterocycles. The van der Waals surface area contributed by atoms with E-state index in [1.807, 2.05) is 53.3 Å². The highest BCUT2D eigenvalue weighted by Gasteiger charge is 2.11. The minimum atomic E-state index is -0.243. The van der Waals surface area contributed by atoms with Gasteiger partial charge in [-0.15, -0.1) is 18.2 Å². The fourth-order valence-corrected chi connectivity index (χ4v) is 3.94. The monoisotopic (exact) mass is 338 g/mol. The van der Waals surface area contributed by atoms with Gasteiger partial charge in [0.15, 0.2) is 4.80 Å². The third-order valence-corrected chi connectivity index (χ3v) is 5.23. The molecule has 0 aliphatic heterocycles. The minimum absolute atomic E-state index is 0.243. The summed E-state index contributed by atoms with van der Waals surface area (Å²) in [4.78, 5) is 18.5. The molecule has 0 atom stereocenters.